The van der Waals surface area contributed by atoms with Crippen LogP contribution in [0.25, 0.3) is 0 Å². The van der Waals surface area contributed by atoms with Crippen LogP contribution < -0.4 is 15.8 Å². The molecule has 3 N–H and O–H groups in total. The number of nitrogens with two attached hydrogens (primary N) is 1. The van der Waals surface area contributed by atoms with Crippen molar-refractivity contribution in [2.24, 2.45) is 5.73 Å². The number of carbonyl (C=O) groups is 3. The Morgan fingerprint density at radius 3 is 2.50 bits per heavy atom. The maximum Gasteiger partial charge on any atom is 0.250 e. The number of ketones is 1. The number of primary amides is 1. The van der Waals surface area contributed by atoms with Gasteiger partial charge < -0.3 is 15.8 Å². The average molecular weight is 326 g/mol. The van der Waals surface area contributed by atoms with E-state index in [2.05, 4.69) is 5.32 Å². The summed E-state index contributed by atoms with van der Waals surface area (Å²) in [5, 5.41) is 2.60. The summed E-state index contributed by atoms with van der Waals surface area (Å²) in [6, 6.07) is 13.2. The Hall–Kier alpha value is -3.15. The number of methoxy groups -OCH3 is 1. The molecule has 0 aliphatic heterocycles. The second-order valence-corrected chi connectivity index (χ2v) is 5.11. The van der Waals surface area contributed by atoms with Gasteiger partial charge in [0.2, 0.25) is 5.91 Å². The first kappa shape index (κ1) is 17.2. The number of ether oxygens (including phenoxy) is 1. The third kappa shape index (κ3) is 4.42. The molecule has 0 spiro atoms. The monoisotopic (exact) mass is 326 g/mol. The van der Waals surface area contributed by atoms with Gasteiger partial charge in [-0.3, -0.25) is 14.4 Å². The van der Waals surface area contributed by atoms with Gasteiger partial charge in [0.1, 0.15) is 5.75 Å². The SMILES string of the molecule is COc1cccc(C(=O)CCC(=O)Nc2ccccc2C(N)=O)c1. The highest BCUT2D eigenvalue weighted by atomic mass is 16.5. The molecule has 0 heterocycles. The van der Waals surface area contributed by atoms with Crippen LogP contribution in [0.15, 0.2) is 48.5 Å². The van der Waals surface area contributed by atoms with Gasteiger partial charge in [-0.25, -0.2) is 0 Å². The molecule has 24 heavy (non-hydrogen) atoms. The molecule has 0 fully saturated rings. The smallest absolute Gasteiger partial charge is 0.250 e. The second-order valence-electron chi connectivity index (χ2n) is 5.11. The van der Waals surface area contributed by atoms with E-state index in [0.29, 0.717) is 17.0 Å². The number of Topliss-reactive ketones (excluding diaryl/α,β-unsaturated/α-hetero) is 1. The van der Waals surface area contributed by atoms with E-state index in [0.717, 1.165) is 0 Å². The van der Waals surface area contributed by atoms with Crippen molar-refractivity contribution >= 4 is 23.3 Å². The molecule has 2 aromatic rings. The van der Waals surface area contributed by atoms with Gasteiger partial charge in [-0.2, -0.15) is 0 Å². The molecule has 0 unspecified atom stereocenters. The molecule has 124 valence electrons. The highest BCUT2D eigenvalue weighted by Crippen LogP contribution is 2.17. The lowest BCUT2D eigenvalue weighted by atomic mass is 10.1. The van der Waals surface area contributed by atoms with Crippen molar-refractivity contribution < 1.29 is 19.1 Å². The summed E-state index contributed by atoms with van der Waals surface area (Å²) in [7, 11) is 1.52. The fourth-order valence-electron chi connectivity index (χ4n) is 2.19. The fraction of sp³-hybridized carbons (Fsp3) is 0.167. The highest BCUT2D eigenvalue weighted by molar-refractivity contribution is 6.04. The van der Waals surface area contributed by atoms with E-state index in [-0.39, 0.29) is 30.1 Å². The topological polar surface area (TPSA) is 98.5 Å². The zero-order valence-electron chi connectivity index (χ0n) is 13.2. The van der Waals surface area contributed by atoms with Crippen LogP contribution in [0.4, 0.5) is 5.69 Å². The predicted octanol–water partition coefficient (Wildman–Crippen LogP) is 2.40. The van der Waals surface area contributed by atoms with E-state index in [1.807, 2.05) is 0 Å². The number of hydrogen-bond acceptors (Lipinski definition) is 4. The number of nitrogens with one attached hydrogen (secondary N) is 1. The first-order chi connectivity index (χ1) is 11.5. The van der Waals surface area contributed by atoms with Gasteiger partial charge in [0.15, 0.2) is 5.78 Å². The molecular formula is C18H18N2O4. The van der Waals surface area contributed by atoms with E-state index in [4.69, 9.17) is 10.5 Å². The van der Waals surface area contributed by atoms with Gasteiger partial charge in [0.25, 0.3) is 5.91 Å². The standard InChI is InChI=1S/C18H18N2O4/c1-24-13-6-4-5-12(11-13)16(21)9-10-17(22)20-15-8-3-2-7-14(15)18(19)23/h2-8,11H,9-10H2,1H3,(H2,19,23)(H,20,22). The summed E-state index contributed by atoms with van der Waals surface area (Å²) < 4.78 is 5.07. The predicted molar refractivity (Wildman–Crippen MR) is 90.1 cm³/mol. The first-order valence-electron chi connectivity index (χ1n) is 7.37. The number of para-hydroxylation sites is 1. The lowest BCUT2D eigenvalue weighted by molar-refractivity contribution is -0.116. The van der Waals surface area contributed by atoms with E-state index in [9.17, 15) is 14.4 Å². The van der Waals surface area contributed by atoms with Gasteiger partial charge >= 0.3 is 0 Å². The first-order valence-corrected chi connectivity index (χ1v) is 7.37. The molecule has 0 saturated heterocycles. The molecule has 0 aliphatic carbocycles. The van der Waals surface area contributed by atoms with Crippen molar-refractivity contribution in [2.75, 3.05) is 12.4 Å². The Morgan fingerprint density at radius 2 is 1.79 bits per heavy atom. The number of hydrogen-bond donors (Lipinski definition) is 2. The van der Waals surface area contributed by atoms with Gasteiger partial charge in [-0.15, -0.1) is 0 Å². The van der Waals surface area contributed by atoms with Crippen LogP contribution in [-0.4, -0.2) is 24.7 Å². The molecule has 0 radical (unpaired) electrons. The van der Waals surface area contributed by atoms with Gasteiger partial charge in [0, 0.05) is 18.4 Å². The second kappa shape index (κ2) is 7.92. The Bertz CT molecular complexity index is 771. The van der Waals surface area contributed by atoms with E-state index in [1.54, 1.807) is 42.5 Å². The average Bonchev–Trinajstić information content (AvgIpc) is 2.60. The van der Waals surface area contributed by atoms with Crippen molar-refractivity contribution in [2.45, 2.75) is 12.8 Å². The lowest BCUT2D eigenvalue weighted by Crippen LogP contribution is -2.18. The summed E-state index contributed by atoms with van der Waals surface area (Å²) in [5.74, 6) is -0.564. The van der Waals surface area contributed by atoms with Crippen LogP contribution in [0.2, 0.25) is 0 Å². The van der Waals surface area contributed by atoms with Crippen LogP contribution >= 0.6 is 0 Å². The third-order valence-corrected chi connectivity index (χ3v) is 3.44. The summed E-state index contributed by atoms with van der Waals surface area (Å²) in [5.41, 5.74) is 6.31. The number of anilines is 1. The number of benzene rings is 2. The summed E-state index contributed by atoms with van der Waals surface area (Å²) >= 11 is 0. The van der Waals surface area contributed by atoms with Gasteiger partial charge in [-0.05, 0) is 24.3 Å². The molecule has 0 aliphatic rings. The van der Waals surface area contributed by atoms with Crippen LogP contribution in [0.5, 0.6) is 5.75 Å². The Morgan fingerprint density at radius 1 is 1.04 bits per heavy atom. The van der Waals surface area contributed by atoms with Crippen molar-refractivity contribution in [1.82, 2.24) is 0 Å². The third-order valence-electron chi connectivity index (χ3n) is 3.44. The molecule has 0 bridgehead atoms. The molecular weight excluding hydrogens is 308 g/mol. The zero-order valence-corrected chi connectivity index (χ0v) is 13.2. The minimum absolute atomic E-state index is 0.00311. The van der Waals surface area contributed by atoms with E-state index < -0.39 is 5.91 Å². The van der Waals surface area contributed by atoms with Gasteiger partial charge in [-0.1, -0.05) is 24.3 Å². The van der Waals surface area contributed by atoms with E-state index >= 15 is 0 Å². The molecule has 0 saturated carbocycles. The van der Waals surface area contributed by atoms with Crippen LogP contribution in [0.1, 0.15) is 33.6 Å². The molecule has 0 aromatic heterocycles. The van der Waals surface area contributed by atoms with Crippen molar-refractivity contribution in [3.05, 3.63) is 59.7 Å². The lowest BCUT2D eigenvalue weighted by Gasteiger charge is -2.08. The van der Waals surface area contributed by atoms with Crippen LogP contribution in [-0.2, 0) is 4.79 Å². The summed E-state index contributed by atoms with van der Waals surface area (Å²) in [6.45, 7) is 0. The minimum Gasteiger partial charge on any atom is -0.497 e. The van der Waals surface area contributed by atoms with Crippen molar-refractivity contribution in [3.8, 4) is 5.75 Å². The molecule has 0 atom stereocenters. The molecule has 6 heteroatoms. The fourth-order valence-corrected chi connectivity index (χ4v) is 2.19. The van der Waals surface area contributed by atoms with Gasteiger partial charge in [0.05, 0.1) is 18.4 Å². The quantitative estimate of drug-likeness (QED) is 0.763. The van der Waals surface area contributed by atoms with E-state index in [1.165, 1.54) is 13.2 Å². The number of amides is 2. The summed E-state index contributed by atoms with van der Waals surface area (Å²) in [4.78, 5) is 35.5. The Labute approximate surface area is 139 Å². The maximum atomic E-state index is 12.1. The summed E-state index contributed by atoms with van der Waals surface area (Å²) in [6.07, 6.45) is 0.0564. The Kier molecular flexibility index (Phi) is 5.68. The maximum absolute atomic E-state index is 12.1. The normalized spacial score (nSPS) is 10.0. The number of carbonyl (C=O) groups excluding carboxylic acids is 3. The van der Waals surface area contributed by atoms with Crippen LogP contribution in [0, 0.1) is 0 Å². The van der Waals surface area contributed by atoms with Crippen molar-refractivity contribution in [3.63, 3.8) is 0 Å². The molecule has 2 rings (SSSR count). The molecule has 2 amide bonds. The molecule has 2 aromatic carbocycles. The minimum atomic E-state index is -0.627. The number of rotatable bonds is 7. The largest absolute Gasteiger partial charge is 0.497 e. The highest BCUT2D eigenvalue weighted by Gasteiger charge is 2.13. The van der Waals surface area contributed by atoms with Crippen LogP contribution in [0.3, 0.4) is 0 Å². The Balaban J connectivity index is 1.96. The molecule has 6 nitrogen and oxygen atoms in total. The van der Waals surface area contributed by atoms with Crippen molar-refractivity contribution in [1.29, 1.82) is 0 Å². The zero-order chi connectivity index (χ0) is 17.5.